The fraction of sp³-hybridized carbons (Fsp3) is 0.565. The van der Waals surface area contributed by atoms with Crippen molar-refractivity contribution in [3.8, 4) is 0 Å². The Kier molecular flexibility index (Phi) is 6.74. The molecule has 3 unspecified atom stereocenters. The molecule has 4 rings (SSSR count). The Morgan fingerprint density at radius 2 is 1.66 bits per heavy atom. The molecular formula is C23H29N3O6. The molecule has 2 aliphatic heterocycles. The second-order valence-electron chi connectivity index (χ2n) is 8.53. The van der Waals surface area contributed by atoms with Gasteiger partial charge >= 0.3 is 5.97 Å². The number of imide groups is 1. The highest BCUT2D eigenvalue weighted by Gasteiger charge is 2.48. The molecule has 2 saturated heterocycles. The smallest absolute Gasteiger partial charge is 0.326 e. The summed E-state index contributed by atoms with van der Waals surface area (Å²) < 4.78 is 10.5. The third kappa shape index (κ3) is 4.77. The molecule has 9 heteroatoms. The predicted octanol–water partition coefficient (Wildman–Crippen LogP) is 1.57. The first-order valence-electron chi connectivity index (χ1n) is 11.2. The molecule has 2 heterocycles. The van der Waals surface area contributed by atoms with Crippen LogP contribution in [0, 0.1) is 11.8 Å². The first kappa shape index (κ1) is 22.3. The lowest BCUT2D eigenvalue weighted by atomic mass is 9.81. The number of anilines is 2. The largest absolute Gasteiger partial charge is 0.451 e. The van der Waals surface area contributed by atoms with E-state index in [0.29, 0.717) is 31.7 Å². The van der Waals surface area contributed by atoms with E-state index in [1.807, 2.05) is 12.1 Å². The van der Waals surface area contributed by atoms with E-state index in [9.17, 15) is 19.2 Å². The van der Waals surface area contributed by atoms with Crippen LogP contribution in [0.4, 0.5) is 11.4 Å². The van der Waals surface area contributed by atoms with Crippen molar-refractivity contribution in [2.24, 2.45) is 11.8 Å². The quantitative estimate of drug-likeness (QED) is 0.526. The van der Waals surface area contributed by atoms with Crippen LogP contribution in [0.3, 0.4) is 0 Å². The second kappa shape index (κ2) is 9.68. The molecule has 0 bridgehead atoms. The summed E-state index contributed by atoms with van der Waals surface area (Å²) in [5, 5.41) is 2.72. The minimum absolute atomic E-state index is 0.297. The first-order valence-corrected chi connectivity index (χ1v) is 11.2. The van der Waals surface area contributed by atoms with Gasteiger partial charge in [0, 0.05) is 24.5 Å². The maximum atomic E-state index is 12.5. The van der Waals surface area contributed by atoms with Crippen molar-refractivity contribution in [2.45, 2.75) is 38.7 Å². The molecule has 9 nitrogen and oxygen atoms in total. The van der Waals surface area contributed by atoms with Gasteiger partial charge in [-0.25, -0.2) is 0 Å². The number of rotatable bonds is 6. The lowest BCUT2D eigenvalue weighted by Crippen LogP contribution is -2.39. The summed E-state index contributed by atoms with van der Waals surface area (Å²) in [4.78, 5) is 53.0. The van der Waals surface area contributed by atoms with E-state index in [0.717, 1.165) is 36.5 Å². The zero-order chi connectivity index (χ0) is 22.7. The van der Waals surface area contributed by atoms with Crippen LogP contribution < -0.4 is 10.2 Å². The van der Waals surface area contributed by atoms with E-state index in [4.69, 9.17) is 9.47 Å². The first-order chi connectivity index (χ1) is 15.4. The van der Waals surface area contributed by atoms with Gasteiger partial charge in [-0.1, -0.05) is 12.8 Å². The maximum absolute atomic E-state index is 12.5. The fourth-order valence-corrected chi connectivity index (χ4v) is 4.62. The number of fused-ring (bicyclic) bond motifs is 1. The van der Waals surface area contributed by atoms with Crippen LogP contribution in [0.5, 0.6) is 0 Å². The zero-order valence-corrected chi connectivity index (χ0v) is 18.2. The number of carbonyl (C=O) groups is 4. The van der Waals surface area contributed by atoms with Gasteiger partial charge in [-0.2, -0.15) is 0 Å². The number of hydrogen-bond donors (Lipinski definition) is 1. The van der Waals surface area contributed by atoms with Crippen LogP contribution in [0.15, 0.2) is 24.3 Å². The highest BCUT2D eigenvalue weighted by atomic mass is 16.5. The van der Waals surface area contributed by atoms with E-state index >= 15 is 0 Å². The SMILES string of the molecule is CC(OC(=O)CN1C(=O)C2CCCCC2C1=O)C(=O)Nc1ccc(N2CCOCC2)cc1. The molecule has 1 N–H and O–H groups in total. The number of likely N-dealkylation sites (tertiary alicyclic amines) is 1. The Bertz CT molecular complexity index is 856. The molecule has 3 aliphatic rings. The molecule has 3 atom stereocenters. The molecule has 0 aromatic heterocycles. The second-order valence-corrected chi connectivity index (χ2v) is 8.53. The van der Waals surface area contributed by atoms with Gasteiger partial charge in [0.25, 0.3) is 5.91 Å². The van der Waals surface area contributed by atoms with Gasteiger partial charge in [0.1, 0.15) is 6.54 Å². The van der Waals surface area contributed by atoms with E-state index in [1.165, 1.54) is 6.92 Å². The van der Waals surface area contributed by atoms with E-state index in [-0.39, 0.29) is 23.7 Å². The standard InChI is InChI=1S/C23H29N3O6/c1-15(21(28)24-16-6-8-17(9-7-16)25-10-12-31-13-11-25)32-20(27)14-26-22(29)18-4-2-3-5-19(18)23(26)30/h6-9,15,18-19H,2-5,10-14H2,1H3,(H,24,28). The Labute approximate surface area is 187 Å². The molecular weight excluding hydrogens is 414 g/mol. The Morgan fingerprint density at radius 3 is 2.25 bits per heavy atom. The topological polar surface area (TPSA) is 105 Å². The number of amides is 3. The number of ether oxygens (including phenoxy) is 2. The molecule has 172 valence electrons. The molecule has 1 aliphatic carbocycles. The molecule has 3 fully saturated rings. The molecule has 0 radical (unpaired) electrons. The number of hydrogen-bond acceptors (Lipinski definition) is 7. The Balaban J connectivity index is 1.27. The van der Waals surface area contributed by atoms with Crippen molar-refractivity contribution in [3.63, 3.8) is 0 Å². The van der Waals surface area contributed by atoms with Gasteiger partial charge in [0.05, 0.1) is 25.0 Å². The Morgan fingerprint density at radius 1 is 1.06 bits per heavy atom. The number of nitrogens with zero attached hydrogens (tertiary/aromatic N) is 2. The highest BCUT2D eigenvalue weighted by molar-refractivity contribution is 6.07. The monoisotopic (exact) mass is 443 g/mol. The van der Waals surface area contributed by atoms with Crippen molar-refractivity contribution < 1.29 is 28.7 Å². The van der Waals surface area contributed by atoms with Crippen molar-refractivity contribution >= 4 is 35.1 Å². The third-order valence-electron chi connectivity index (χ3n) is 6.41. The lowest BCUT2D eigenvalue weighted by molar-refractivity contribution is -0.158. The summed E-state index contributed by atoms with van der Waals surface area (Å²) in [7, 11) is 0. The summed E-state index contributed by atoms with van der Waals surface area (Å²) in [6, 6.07) is 7.42. The van der Waals surface area contributed by atoms with Gasteiger partial charge < -0.3 is 19.7 Å². The van der Waals surface area contributed by atoms with E-state index in [1.54, 1.807) is 12.1 Å². The fourth-order valence-electron chi connectivity index (χ4n) is 4.62. The molecule has 3 amide bonds. The number of nitrogens with one attached hydrogen (secondary N) is 1. The summed E-state index contributed by atoms with van der Waals surface area (Å²) in [5.41, 5.74) is 1.63. The zero-order valence-electron chi connectivity index (χ0n) is 18.2. The van der Waals surface area contributed by atoms with Gasteiger partial charge in [0.15, 0.2) is 6.10 Å². The third-order valence-corrected chi connectivity index (χ3v) is 6.41. The van der Waals surface area contributed by atoms with Gasteiger partial charge in [-0.05, 0) is 44.0 Å². The lowest BCUT2D eigenvalue weighted by Gasteiger charge is -2.28. The summed E-state index contributed by atoms with van der Waals surface area (Å²) >= 11 is 0. The molecule has 1 aromatic rings. The van der Waals surface area contributed by atoms with Crippen molar-refractivity contribution in [2.75, 3.05) is 43.1 Å². The summed E-state index contributed by atoms with van der Waals surface area (Å²) in [5.74, 6) is -2.47. The average molecular weight is 444 g/mol. The summed E-state index contributed by atoms with van der Waals surface area (Å²) in [6.45, 7) is 4.04. The van der Waals surface area contributed by atoms with Gasteiger partial charge in [-0.3, -0.25) is 24.1 Å². The van der Waals surface area contributed by atoms with Gasteiger partial charge in [-0.15, -0.1) is 0 Å². The van der Waals surface area contributed by atoms with Crippen molar-refractivity contribution in [3.05, 3.63) is 24.3 Å². The minimum Gasteiger partial charge on any atom is -0.451 e. The number of esters is 1. The van der Waals surface area contributed by atoms with Crippen LogP contribution in [0.25, 0.3) is 0 Å². The van der Waals surface area contributed by atoms with Gasteiger partial charge in [0.2, 0.25) is 11.8 Å². The van der Waals surface area contributed by atoms with Crippen LogP contribution in [0.2, 0.25) is 0 Å². The molecule has 32 heavy (non-hydrogen) atoms. The molecule has 0 spiro atoms. The maximum Gasteiger partial charge on any atom is 0.326 e. The summed E-state index contributed by atoms with van der Waals surface area (Å²) in [6.07, 6.45) is 2.15. The van der Waals surface area contributed by atoms with Crippen molar-refractivity contribution in [1.29, 1.82) is 0 Å². The molecule has 1 aromatic carbocycles. The van der Waals surface area contributed by atoms with E-state index < -0.39 is 24.5 Å². The van der Waals surface area contributed by atoms with E-state index in [2.05, 4.69) is 10.2 Å². The predicted molar refractivity (Wildman–Crippen MR) is 116 cm³/mol. The minimum atomic E-state index is -1.06. The molecule has 1 saturated carbocycles. The highest BCUT2D eigenvalue weighted by Crippen LogP contribution is 2.37. The number of morpholine rings is 1. The van der Waals surface area contributed by atoms with Crippen LogP contribution in [0.1, 0.15) is 32.6 Å². The number of carbonyl (C=O) groups excluding carboxylic acids is 4. The average Bonchev–Trinajstić information content (AvgIpc) is 3.05. The van der Waals surface area contributed by atoms with Crippen molar-refractivity contribution in [1.82, 2.24) is 4.90 Å². The van der Waals surface area contributed by atoms with Crippen LogP contribution in [-0.2, 0) is 28.7 Å². The Hall–Kier alpha value is -2.94. The normalized spacial score (nSPS) is 24.2. The number of benzene rings is 1. The van der Waals surface area contributed by atoms with Crippen LogP contribution in [-0.4, -0.2) is 67.5 Å². The van der Waals surface area contributed by atoms with Crippen LogP contribution >= 0.6 is 0 Å².